The number of rotatable bonds is 5. The molecule has 0 spiro atoms. The molecule has 0 aliphatic carbocycles. The maximum absolute atomic E-state index is 13.3. The first-order chi connectivity index (χ1) is 16.2. The molecule has 174 valence electrons. The third-order valence-electron chi connectivity index (χ3n) is 6.31. The van der Waals surface area contributed by atoms with Gasteiger partial charge in [-0.2, -0.15) is 0 Å². The lowest BCUT2D eigenvalue weighted by molar-refractivity contribution is -0.132. The van der Waals surface area contributed by atoms with Crippen LogP contribution in [-0.2, 0) is 9.59 Å². The average Bonchev–Trinajstić information content (AvgIpc) is 3.09. The topological polar surface area (TPSA) is 66.8 Å². The van der Waals surface area contributed by atoms with E-state index in [1.807, 2.05) is 62.4 Å². The van der Waals surface area contributed by atoms with Crippen LogP contribution in [0.5, 0.6) is 5.75 Å². The van der Waals surface area contributed by atoms with E-state index in [2.05, 4.69) is 13.8 Å². The predicted octanol–water partition coefficient (Wildman–Crippen LogP) is 6.06. The number of hydrogen-bond donors (Lipinski definition) is 1. The van der Waals surface area contributed by atoms with Gasteiger partial charge in [0.25, 0.3) is 11.7 Å². The van der Waals surface area contributed by atoms with Gasteiger partial charge in [-0.1, -0.05) is 55.8 Å². The molecule has 4 rings (SSSR count). The summed E-state index contributed by atoms with van der Waals surface area (Å²) in [6, 6.07) is 19.8. The van der Waals surface area contributed by atoms with E-state index in [0.29, 0.717) is 22.9 Å². The van der Waals surface area contributed by atoms with Crippen molar-refractivity contribution in [1.82, 2.24) is 0 Å². The fourth-order valence-electron chi connectivity index (χ4n) is 4.46. The van der Waals surface area contributed by atoms with Crippen molar-refractivity contribution in [3.63, 3.8) is 0 Å². The van der Waals surface area contributed by atoms with E-state index in [-0.39, 0.29) is 11.3 Å². The van der Waals surface area contributed by atoms with Crippen LogP contribution in [0.1, 0.15) is 53.6 Å². The van der Waals surface area contributed by atoms with E-state index in [0.717, 1.165) is 22.3 Å². The number of ether oxygens (including phenoxy) is 1. The van der Waals surface area contributed by atoms with Crippen molar-refractivity contribution in [3.8, 4) is 5.75 Å². The summed E-state index contributed by atoms with van der Waals surface area (Å²) < 4.78 is 5.32. The van der Waals surface area contributed by atoms with Gasteiger partial charge in [0, 0.05) is 11.3 Å². The molecule has 1 aliphatic heterocycles. The number of Topliss-reactive ketones (excluding diaryl/α,β-unsaturated/α-hetero) is 1. The van der Waals surface area contributed by atoms with Crippen molar-refractivity contribution < 1.29 is 19.4 Å². The number of carbonyl (C=O) groups excluding carboxylic acids is 2. The quantitative estimate of drug-likeness (QED) is 0.288. The maximum Gasteiger partial charge on any atom is 0.300 e. The third kappa shape index (κ3) is 4.10. The number of aliphatic hydroxyl groups excluding tert-OH is 1. The first-order valence-corrected chi connectivity index (χ1v) is 11.4. The van der Waals surface area contributed by atoms with Gasteiger partial charge in [-0.25, -0.2) is 0 Å². The Morgan fingerprint density at radius 3 is 2.26 bits per heavy atom. The van der Waals surface area contributed by atoms with Crippen LogP contribution in [0.2, 0.25) is 0 Å². The van der Waals surface area contributed by atoms with Crippen LogP contribution in [-0.4, -0.2) is 23.9 Å². The highest BCUT2D eigenvalue weighted by atomic mass is 16.5. The standard InChI is InChI=1S/C29H29NO4/c1-17(2)20-9-12-23(13-10-20)30-26(21-8-6-7-18(3)15-21)25(28(32)29(30)33)27(31)22-11-14-24(34-5)19(4)16-22/h6-17,26,31H,1-5H3/b27-25-. The summed E-state index contributed by atoms with van der Waals surface area (Å²) in [6.45, 7) is 8.03. The lowest BCUT2D eigenvalue weighted by Crippen LogP contribution is -2.29. The Morgan fingerprint density at radius 1 is 0.971 bits per heavy atom. The third-order valence-corrected chi connectivity index (χ3v) is 6.31. The smallest absolute Gasteiger partial charge is 0.300 e. The molecule has 5 heteroatoms. The molecule has 5 nitrogen and oxygen atoms in total. The molecule has 0 saturated carbocycles. The summed E-state index contributed by atoms with van der Waals surface area (Å²) in [7, 11) is 1.58. The fraction of sp³-hybridized carbons (Fsp3) is 0.241. The minimum Gasteiger partial charge on any atom is -0.507 e. The van der Waals surface area contributed by atoms with E-state index in [4.69, 9.17) is 4.74 Å². The van der Waals surface area contributed by atoms with Gasteiger partial charge >= 0.3 is 0 Å². The van der Waals surface area contributed by atoms with E-state index in [1.165, 1.54) is 4.90 Å². The molecule has 0 radical (unpaired) electrons. The number of carbonyl (C=O) groups is 2. The van der Waals surface area contributed by atoms with Crippen LogP contribution in [0.25, 0.3) is 5.76 Å². The van der Waals surface area contributed by atoms with Crippen molar-refractivity contribution in [2.75, 3.05) is 12.0 Å². The van der Waals surface area contributed by atoms with Gasteiger partial charge in [0.15, 0.2) is 0 Å². The average molecular weight is 456 g/mol. The highest BCUT2D eigenvalue weighted by Crippen LogP contribution is 2.42. The molecule has 1 saturated heterocycles. The number of aliphatic hydroxyl groups is 1. The highest BCUT2D eigenvalue weighted by molar-refractivity contribution is 6.51. The molecule has 1 aliphatic rings. The summed E-state index contributed by atoms with van der Waals surface area (Å²) in [6.07, 6.45) is 0. The molecule has 0 aromatic heterocycles. The van der Waals surface area contributed by atoms with Gasteiger partial charge in [0.2, 0.25) is 0 Å². The summed E-state index contributed by atoms with van der Waals surface area (Å²) in [5.41, 5.74) is 4.87. The molecule has 3 aromatic rings. The summed E-state index contributed by atoms with van der Waals surface area (Å²) in [5, 5.41) is 11.3. The van der Waals surface area contributed by atoms with E-state index in [1.54, 1.807) is 25.3 Å². The fourth-order valence-corrected chi connectivity index (χ4v) is 4.46. The van der Waals surface area contributed by atoms with Gasteiger partial charge < -0.3 is 9.84 Å². The Morgan fingerprint density at radius 2 is 1.68 bits per heavy atom. The lowest BCUT2D eigenvalue weighted by atomic mass is 9.93. The number of ketones is 1. The molecule has 0 bridgehead atoms. The van der Waals surface area contributed by atoms with Crippen molar-refractivity contribution in [3.05, 3.63) is 100 Å². The second-order valence-electron chi connectivity index (χ2n) is 9.01. The minimum atomic E-state index is -0.743. The molecule has 1 atom stereocenters. The zero-order chi connectivity index (χ0) is 24.6. The van der Waals surface area contributed by atoms with Crippen LogP contribution >= 0.6 is 0 Å². The lowest BCUT2D eigenvalue weighted by Gasteiger charge is -2.26. The second kappa shape index (κ2) is 9.18. The zero-order valence-electron chi connectivity index (χ0n) is 20.1. The number of hydrogen-bond acceptors (Lipinski definition) is 4. The van der Waals surface area contributed by atoms with Gasteiger partial charge in [0.1, 0.15) is 11.5 Å². The number of aryl methyl sites for hydroxylation is 2. The number of anilines is 1. The molecule has 1 fully saturated rings. The Bertz CT molecular complexity index is 1290. The summed E-state index contributed by atoms with van der Waals surface area (Å²) in [5.74, 6) is -0.536. The normalized spacial score (nSPS) is 17.5. The Labute approximate surface area is 200 Å². The molecule has 34 heavy (non-hydrogen) atoms. The monoisotopic (exact) mass is 455 g/mol. The van der Waals surface area contributed by atoms with Crippen LogP contribution < -0.4 is 9.64 Å². The zero-order valence-corrected chi connectivity index (χ0v) is 20.1. The van der Waals surface area contributed by atoms with E-state index >= 15 is 0 Å². The summed E-state index contributed by atoms with van der Waals surface area (Å²) >= 11 is 0. The number of benzene rings is 3. The van der Waals surface area contributed by atoms with Crippen molar-refractivity contribution >= 4 is 23.1 Å². The van der Waals surface area contributed by atoms with Crippen LogP contribution in [0.4, 0.5) is 5.69 Å². The molecule has 3 aromatic carbocycles. The van der Waals surface area contributed by atoms with Crippen LogP contribution in [0.15, 0.2) is 72.3 Å². The molecule has 1 N–H and O–H groups in total. The van der Waals surface area contributed by atoms with Crippen molar-refractivity contribution in [1.29, 1.82) is 0 Å². The Hall–Kier alpha value is -3.86. The van der Waals surface area contributed by atoms with Crippen molar-refractivity contribution in [2.24, 2.45) is 0 Å². The molecular formula is C29H29NO4. The molecule has 1 amide bonds. The number of amides is 1. The van der Waals surface area contributed by atoms with Gasteiger partial charge in [-0.05, 0) is 66.8 Å². The van der Waals surface area contributed by atoms with Crippen LogP contribution in [0.3, 0.4) is 0 Å². The van der Waals surface area contributed by atoms with Crippen molar-refractivity contribution in [2.45, 2.75) is 39.7 Å². The number of nitrogens with zero attached hydrogens (tertiary/aromatic N) is 1. The predicted molar refractivity (Wildman–Crippen MR) is 134 cm³/mol. The number of methoxy groups -OCH3 is 1. The van der Waals surface area contributed by atoms with E-state index < -0.39 is 17.7 Å². The Balaban J connectivity index is 1.91. The van der Waals surface area contributed by atoms with Gasteiger partial charge in [-0.15, -0.1) is 0 Å². The minimum absolute atomic E-state index is 0.0769. The first-order valence-electron chi connectivity index (χ1n) is 11.4. The van der Waals surface area contributed by atoms with Crippen LogP contribution in [0, 0.1) is 13.8 Å². The maximum atomic E-state index is 13.3. The summed E-state index contributed by atoms with van der Waals surface area (Å²) in [4.78, 5) is 28.1. The SMILES string of the molecule is COc1ccc(/C(O)=C2/C(=O)C(=O)N(c3ccc(C(C)C)cc3)C2c2cccc(C)c2)cc1C. The Kier molecular flexibility index (Phi) is 6.29. The van der Waals surface area contributed by atoms with Gasteiger partial charge in [-0.3, -0.25) is 14.5 Å². The van der Waals surface area contributed by atoms with Gasteiger partial charge in [0.05, 0.1) is 18.7 Å². The highest BCUT2D eigenvalue weighted by Gasteiger charge is 2.47. The van der Waals surface area contributed by atoms with E-state index in [9.17, 15) is 14.7 Å². The first kappa shape index (κ1) is 23.3. The second-order valence-corrected chi connectivity index (χ2v) is 9.01. The molecular weight excluding hydrogens is 426 g/mol. The molecule has 1 heterocycles. The molecule has 1 unspecified atom stereocenters. The largest absolute Gasteiger partial charge is 0.507 e.